The minimum Gasteiger partial charge on any atom is -0.310 e. The van der Waals surface area contributed by atoms with E-state index in [4.69, 9.17) is 0 Å². The number of nitrogens with zero attached hydrogens (tertiary/aromatic N) is 1. The van der Waals surface area contributed by atoms with Crippen molar-refractivity contribution in [2.24, 2.45) is 11.8 Å². The Labute approximate surface area is 327 Å². The van der Waals surface area contributed by atoms with Gasteiger partial charge in [0.25, 0.3) is 0 Å². The molecule has 3 unspecified atom stereocenters. The lowest BCUT2D eigenvalue weighted by Gasteiger charge is -2.31. The summed E-state index contributed by atoms with van der Waals surface area (Å²) in [6.07, 6.45) is 12.3. The molecule has 1 heteroatoms. The van der Waals surface area contributed by atoms with Crippen LogP contribution in [0.5, 0.6) is 0 Å². The van der Waals surface area contributed by atoms with Crippen molar-refractivity contribution in [1.82, 2.24) is 0 Å². The van der Waals surface area contributed by atoms with Gasteiger partial charge in [-0.15, -0.1) is 0 Å². The average molecular weight is 714 g/mol. The van der Waals surface area contributed by atoms with Gasteiger partial charge in [0.05, 0.1) is 5.69 Å². The van der Waals surface area contributed by atoms with E-state index in [1.54, 1.807) is 5.56 Å². The van der Waals surface area contributed by atoms with E-state index in [9.17, 15) is 0 Å². The van der Waals surface area contributed by atoms with E-state index in [0.29, 0.717) is 5.92 Å². The summed E-state index contributed by atoms with van der Waals surface area (Å²) in [7, 11) is 0. The van der Waals surface area contributed by atoms with Gasteiger partial charge in [-0.3, -0.25) is 0 Å². The molecule has 0 N–H and O–H groups in total. The fraction of sp³-hybridized carbons (Fsp3) is 0.296. The first-order chi connectivity index (χ1) is 27.0. The summed E-state index contributed by atoms with van der Waals surface area (Å²) in [5, 5.41) is 5.35. The molecule has 2 bridgehead atoms. The third-order valence-electron chi connectivity index (χ3n) is 14.5. The molecule has 0 radical (unpaired) electrons. The molecule has 3 fully saturated rings. The van der Waals surface area contributed by atoms with E-state index in [0.717, 1.165) is 17.8 Å². The van der Waals surface area contributed by atoms with Crippen molar-refractivity contribution in [2.45, 2.75) is 88.9 Å². The van der Waals surface area contributed by atoms with Crippen LogP contribution < -0.4 is 4.90 Å². The van der Waals surface area contributed by atoms with Gasteiger partial charge < -0.3 is 4.90 Å². The summed E-state index contributed by atoms with van der Waals surface area (Å²) in [5.74, 6) is 3.18. The average Bonchev–Trinajstić information content (AvgIpc) is 3.94. The molecule has 7 aromatic rings. The molecule has 272 valence electrons. The van der Waals surface area contributed by atoms with Crippen LogP contribution in [-0.4, -0.2) is 0 Å². The lowest BCUT2D eigenvalue weighted by molar-refractivity contribution is 0.420. The molecule has 11 rings (SSSR count). The van der Waals surface area contributed by atoms with Gasteiger partial charge in [-0.2, -0.15) is 0 Å². The van der Waals surface area contributed by atoms with Crippen molar-refractivity contribution in [3.8, 4) is 22.3 Å². The van der Waals surface area contributed by atoms with E-state index in [-0.39, 0.29) is 5.41 Å². The molecule has 7 aromatic carbocycles. The first-order valence-corrected chi connectivity index (χ1v) is 21.2. The van der Waals surface area contributed by atoms with Crippen LogP contribution >= 0.6 is 0 Å². The molecule has 0 saturated heterocycles. The molecule has 3 atom stereocenters. The third-order valence-corrected chi connectivity index (χ3v) is 14.5. The van der Waals surface area contributed by atoms with Gasteiger partial charge in [0.2, 0.25) is 0 Å². The lowest BCUT2D eigenvalue weighted by atomic mass is 9.81. The summed E-state index contributed by atoms with van der Waals surface area (Å²) in [6.45, 7) is 4.86. The molecule has 0 aromatic heterocycles. The molecular formula is C54H51N. The predicted octanol–water partition coefficient (Wildman–Crippen LogP) is 15.4. The van der Waals surface area contributed by atoms with Gasteiger partial charge in [0, 0.05) is 22.2 Å². The van der Waals surface area contributed by atoms with E-state index in [1.165, 1.54) is 135 Å². The molecule has 0 amide bonds. The highest BCUT2D eigenvalue weighted by molar-refractivity contribution is 6.02. The Morgan fingerprint density at radius 3 is 2.00 bits per heavy atom. The number of fused-ring (bicyclic) bond motifs is 7. The number of hydrogen-bond donors (Lipinski definition) is 0. The predicted molar refractivity (Wildman–Crippen MR) is 233 cm³/mol. The number of anilines is 3. The fourth-order valence-corrected chi connectivity index (χ4v) is 11.7. The zero-order chi connectivity index (χ0) is 36.7. The topological polar surface area (TPSA) is 3.24 Å². The second-order valence-corrected chi connectivity index (χ2v) is 17.9. The maximum absolute atomic E-state index is 2.60. The number of benzene rings is 7. The minimum absolute atomic E-state index is 0.142. The molecule has 1 nitrogen and oxygen atoms in total. The number of hydrogen-bond acceptors (Lipinski definition) is 1. The fourth-order valence-electron chi connectivity index (χ4n) is 11.7. The van der Waals surface area contributed by atoms with Gasteiger partial charge in [0.1, 0.15) is 0 Å². The van der Waals surface area contributed by atoms with Crippen molar-refractivity contribution < 1.29 is 0 Å². The Bertz CT molecular complexity index is 2580. The zero-order valence-electron chi connectivity index (χ0n) is 32.4. The summed E-state index contributed by atoms with van der Waals surface area (Å²) in [5.41, 5.74) is 14.9. The number of rotatable bonds is 6. The molecule has 55 heavy (non-hydrogen) atoms. The standard InChI is InChI=1S/C54H51N/c1-54(2)50-33-42(41-21-20-36-10-6-7-13-40(36)32-41)24-28-47(50)48-29-27-45(34-51(48)54)55(44-25-22-38(23-26-44)49-31-35-18-19-43(49)30-35)52-17-9-15-39-14-8-16-46(53(39)52)37-11-4-3-5-12-37/h6-10,13-17,20-29,32-35,37,43,49H,3-5,11-12,18-19,30-31H2,1-2H3. The van der Waals surface area contributed by atoms with Crippen LogP contribution in [0.3, 0.4) is 0 Å². The summed E-state index contributed by atoms with van der Waals surface area (Å²) >= 11 is 0. The van der Waals surface area contributed by atoms with Crippen molar-refractivity contribution in [2.75, 3.05) is 4.90 Å². The smallest absolute Gasteiger partial charge is 0.0542 e. The molecule has 0 heterocycles. The monoisotopic (exact) mass is 713 g/mol. The highest BCUT2D eigenvalue weighted by Crippen LogP contribution is 2.55. The Morgan fingerprint density at radius 2 is 1.22 bits per heavy atom. The molecular weight excluding hydrogens is 663 g/mol. The van der Waals surface area contributed by atoms with Gasteiger partial charge in [-0.25, -0.2) is 0 Å². The van der Waals surface area contributed by atoms with Crippen LogP contribution in [0.4, 0.5) is 17.1 Å². The van der Waals surface area contributed by atoms with Crippen LogP contribution in [0.2, 0.25) is 0 Å². The van der Waals surface area contributed by atoms with Gasteiger partial charge in [0.15, 0.2) is 0 Å². The normalized spacial score (nSPS) is 21.2. The van der Waals surface area contributed by atoms with Crippen LogP contribution in [0.1, 0.15) is 106 Å². The second kappa shape index (κ2) is 13.0. The second-order valence-electron chi connectivity index (χ2n) is 17.9. The van der Waals surface area contributed by atoms with Crippen molar-refractivity contribution in [1.29, 1.82) is 0 Å². The first-order valence-electron chi connectivity index (χ1n) is 21.2. The van der Waals surface area contributed by atoms with E-state index in [1.807, 2.05) is 0 Å². The van der Waals surface area contributed by atoms with Crippen molar-refractivity contribution >= 4 is 38.6 Å². The molecule has 4 aliphatic carbocycles. The Kier molecular flexibility index (Phi) is 7.84. The van der Waals surface area contributed by atoms with Gasteiger partial charge in [-0.1, -0.05) is 137 Å². The lowest BCUT2D eigenvalue weighted by Crippen LogP contribution is -2.17. The largest absolute Gasteiger partial charge is 0.310 e. The minimum atomic E-state index is -0.142. The quantitative estimate of drug-likeness (QED) is 0.166. The highest BCUT2D eigenvalue weighted by atomic mass is 15.1. The molecule has 3 saturated carbocycles. The maximum atomic E-state index is 2.60. The van der Waals surface area contributed by atoms with Crippen LogP contribution in [0, 0.1) is 11.8 Å². The molecule has 4 aliphatic rings. The van der Waals surface area contributed by atoms with Crippen LogP contribution in [0.15, 0.2) is 140 Å². The highest BCUT2D eigenvalue weighted by Gasteiger charge is 2.40. The SMILES string of the molecule is CC1(C)c2cc(-c3ccc4ccccc4c3)ccc2-c2ccc(N(c3ccc(C4CC5CCC4C5)cc3)c3cccc4cccc(C5CCCCC5)c34)cc21. The first kappa shape index (κ1) is 33.2. The zero-order valence-corrected chi connectivity index (χ0v) is 32.4. The van der Waals surface area contributed by atoms with Gasteiger partial charge >= 0.3 is 0 Å². The summed E-state index contributed by atoms with van der Waals surface area (Å²) in [4.78, 5) is 2.60. The summed E-state index contributed by atoms with van der Waals surface area (Å²) in [6, 6.07) is 54.0. The third kappa shape index (κ3) is 5.48. The maximum Gasteiger partial charge on any atom is 0.0542 e. The Hall–Kier alpha value is -5.14. The van der Waals surface area contributed by atoms with Crippen LogP contribution in [-0.2, 0) is 5.41 Å². The Morgan fingerprint density at radius 1 is 0.527 bits per heavy atom. The van der Waals surface area contributed by atoms with Gasteiger partial charge in [-0.05, 0) is 159 Å². The van der Waals surface area contributed by atoms with Crippen LogP contribution in [0.25, 0.3) is 43.8 Å². The Balaban J connectivity index is 1.04. The van der Waals surface area contributed by atoms with E-state index >= 15 is 0 Å². The van der Waals surface area contributed by atoms with Crippen molar-refractivity contribution in [3.05, 3.63) is 162 Å². The van der Waals surface area contributed by atoms with E-state index < -0.39 is 0 Å². The molecule has 0 spiro atoms. The summed E-state index contributed by atoms with van der Waals surface area (Å²) < 4.78 is 0. The van der Waals surface area contributed by atoms with Crippen molar-refractivity contribution in [3.63, 3.8) is 0 Å². The van der Waals surface area contributed by atoms with E-state index in [2.05, 4.69) is 158 Å². The molecule has 0 aliphatic heterocycles.